The number of carbonyl (C=O) groups is 1. The molecule has 0 N–H and O–H groups in total. The van der Waals surface area contributed by atoms with Crippen LogP contribution < -0.4 is 4.74 Å². The van der Waals surface area contributed by atoms with Crippen molar-refractivity contribution < 1.29 is 14.1 Å². The molecule has 3 aromatic rings. The highest BCUT2D eigenvalue weighted by atomic mass is 16.5. The second kappa shape index (κ2) is 7.23. The Balaban J connectivity index is 1.38. The van der Waals surface area contributed by atoms with E-state index in [2.05, 4.69) is 10.1 Å². The average Bonchev–Trinajstić information content (AvgIpc) is 3.09. The smallest absolute Gasteiger partial charge is 0.253 e. The van der Waals surface area contributed by atoms with Crippen LogP contribution in [0.15, 0.2) is 53.1 Å². The predicted molar refractivity (Wildman–Crippen MR) is 99.9 cm³/mol. The third-order valence-corrected chi connectivity index (χ3v) is 4.84. The lowest BCUT2D eigenvalue weighted by molar-refractivity contribution is 0.0569. The Labute approximate surface area is 157 Å². The molecule has 1 aliphatic rings. The lowest BCUT2D eigenvalue weighted by Crippen LogP contribution is -2.48. The number of ether oxygens (including phenoxy) is 1. The molecular formula is C21H21N3O3. The van der Waals surface area contributed by atoms with Crippen molar-refractivity contribution in [2.45, 2.75) is 19.3 Å². The quantitative estimate of drug-likeness (QED) is 0.696. The molecule has 1 aromatic heterocycles. The van der Waals surface area contributed by atoms with Gasteiger partial charge in [-0.15, -0.1) is 0 Å². The highest BCUT2D eigenvalue weighted by Gasteiger charge is 2.36. The third-order valence-electron chi connectivity index (χ3n) is 4.84. The van der Waals surface area contributed by atoms with Gasteiger partial charge in [0, 0.05) is 30.6 Å². The Morgan fingerprint density at radius 1 is 1.19 bits per heavy atom. The highest BCUT2D eigenvalue weighted by Crippen LogP contribution is 2.28. The summed E-state index contributed by atoms with van der Waals surface area (Å²) in [5, 5.41) is 4.08. The van der Waals surface area contributed by atoms with Crippen molar-refractivity contribution in [1.82, 2.24) is 15.0 Å². The summed E-state index contributed by atoms with van der Waals surface area (Å²) in [6.45, 7) is 3.21. The van der Waals surface area contributed by atoms with Crippen LogP contribution in [0.25, 0.3) is 0 Å². The molecule has 2 heterocycles. The summed E-state index contributed by atoms with van der Waals surface area (Å²) in [4.78, 5) is 18.8. The van der Waals surface area contributed by atoms with Crippen LogP contribution in [0.4, 0.5) is 0 Å². The van der Waals surface area contributed by atoms with Gasteiger partial charge in [-0.25, -0.2) is 0 Å². The van der Waals surface area contributed by atoms with E-state index in [-0.39, 0.29) is 11.8 Å². The first-order chi connectivity index (χ1) is 13.1. The van der Waals surface area contributed by atoms with Crippen LogP contribution >= 0.6 is 0 Å². The molecule has 0 spiro atoms. The molecule has 2 aromatic carbocycles. The van der Waals surface area contributed by atoms with Crippen LogP contribution in [-0.4, -0.2) is 41.1 Å². The fourth-order valence-electron chi connectivity index (χ4n) is 3.20. The van der Waals surface area contributed by atoms with E-state index in [1.54, 1.807) is 12.0 Å². The van der Waals surface area contributed by atoms with Crippen molar-refractivity contribution in [1.29, 1.82) is 0 Å². The van der Waals surface area contributed by atoms with Crippen LogP contribution in [0.1, 0.15) is 39.1 Å². The molecule has 1 amide bonds. The van der Waals surface area contributed by atoms with E-state index in [9.17, 15) is 4.79 Å². The molecule has 4 rings (SSSR count). The van der Waals surface area contributed by atoms with Crippen LogP contribution in [0.3, 0.4) is 0 Å². The summed E-state index contributed by atoms with van der Waals surface area (Å²) in [6, 6.07) is 15.4. The van der Waals surface area contributed by atoms with Crippen LogP contribution in [0, 0.1) is 6.92 Å². The number of hydrogen-bond donors (Lipinski definition) is 0. The van der Waals surface area contributed by atoms with Crippen molar-refractivity contribution in [3.8, 4) is 5.75 Å². The van der Waals surface area contributed by atoms with Gasteiger partial charge in [0.25, 0.3) is 5.91 Å². The SMILES string of the molecule is COc1ccccc1Cc1noc(C2CN(C(=O)c3ccc(C)cc3)C2)n1. The Kier molecular flexibility index (Phi) is 4.62. The lowest BCUT2D eigenvalue weighted by Gasteiger charge is -2.37. The topological polar surface area (TPSA) is 68.5 Å². The van der Waals surface area contributed by atoms with Crippen LogP contribution in [0.5, 0.6) is 5.75 Å². The van der Waals surface area contributed by atoms with E-state index in [1.165, 1.54) is 0 Å². The highest BCUT2D eigenvalue weighted by molar-refractivity contribution is 5.94. The fourth-order valence-corrected chi connectivity index (χ4v) is 3.20. The van der Waals surface area contributed by atoms with Gasteiger partial charge in [0.15, 0.2) is 5.82 Å². The van der Waals surface area contributed by atoms with E-state index in [0.29, 0.717) is 36.8 Å². The van der Waals surface area contributed by atoms with Crippen LogP contribution in [-0.2, 0) is 6.42 Å². The first kappa shape index (κ1) is 17.3. The molecule has 0 bridgehead atoms. The summed E-state index contributed by atoms with van der Waals surface area (Å²) in [5.41, 5.74) is 2.86. The number of methoxy groups -OCH3 is 1. The molecule has 0 unspecified atom stereocenters. The van der Waals surface area contributed by atoms with Gasteiger partial charge in [-0.05, 0) is 25.1 Å². The molecule has 1 fully saturated rings. The molecule has 138 valence electrons. The molecule has 6 heteroatoms. The summed E-state index contributed by atoms with van der Waals surface area (Å²) < 4.78 is 10.8. The van der Waals surface area contributed by atoms with Crippen LogP contribution in [0.2, 0.25) is 0 Å². The molecule has 0 saturated carbocycles. The number of aryl methyl sites for hydroxylation is 1. The zero-order valence-corrected chi connectivity index (χ0v) is 15.4. The summed E-state index contributed by atoms with van der Waals surface area (Å²) >= 11 is 0. The van der Waals surface area contributed by atoms with Gasteiger partial charge in [0.1, 0.15) is 5.75 Å². The van der Waals surface area contributed by atoms with Gasteiger partial charge in [-0.1, -0.05) is 41.1 Å². The van der Waals surface area contributed by atoms with Crippen molar-refractivity contribution in [2.75, 3.05) is 20.2 Å². The van der Waals surface area contributed by atoms with E-state index >= 15 is 0 Å². The number of aromatic nitrogens is 2. The number of rotatable bonds is 5. The van der Waals surface area contributed by atoms with Gasteiger partial charge in [-0.2, -0.15) is 4.98 Å². The van der Waals surface area contributed by atoms with Crippen molar-refractivity contribution in [2.24, 2.45) is 0 Å². The standard InChI is InChI=1S/C21H21N3O3/c1-14-7-9-15(10-8-14)21(25)24-12-17(13-24)20-22-19(23-27-20)11-16-5-3-4-6-18(16)26-2/h3-10,17H,11-13H2,1-2H3. The number of carbonyl (C=O) groups excluding carboxylic acids is 1. The van der Waals surface area contributed by atoms with E-state index < -0.39 is 0 Å². The maximum atomic E-state index is 12.5. The lowest BCUT2D eigenvalue weighted by atomic mass is 9.98. The summed E-state index contributed by atoms with van der Waals surface area (Å²) in [5.74, 6) is 2.16. The normalized spacial score (nSPS) is 14.1. The van der Waals surface area contributed by atoms with E-state index in [1.807, 2.05) is 55.5 Å². The van der Waals surface area contributed by atoms with Gasteiger partial charge < -0.3 is 14.2 Å². The Morgan fingerprint density at radius 2 is 1.93 bits per heavy atom. The number of amides is 1. The average molecular weight is 363 g/mol. The number of para-hydroxylation sites is 1. The van der Waals surface area contributed by atoms with Crippen molar-refractivity contribution in [3.05, 3.63) is 76.9 Å². The predicted octanol–water partition coefficient (Wildman–Crippen LogP) is 3.22. The second-order valence-corrected chi connectivity index (χ2v) is 6.81. The molecule has 1 aliphatic heterocycles. The second-order valence-electron chi connectivity index (χ2n) is 6.81. The molecular weight excluding hydrogens is 342 g/mol. The minimum absolute atomic E-state index is 0.0417. The Bertz CT molecular complexity index is 943. The third kappa shape index (κ3) is 3.56. The largest absolute Gasteiger partial charge is 0.496 e. The monoisotopic (exact) mass is 363 g/mol. The number of hydrogen-bond acceptors (Lipinski definition) is 5. The molecule has 0 radical (unpaired) electrons. The minimum Gasteiger partial charge on any atom is -0.496 e. The van der Waals surface area contributed by atoms with E-state index in [0.717, 1.165) is 16.9 Å². The maximum absolute atomic E-state index is 12.5. The van der Waals surface area contributed by atoms with Gasteiger partial charge in [-0.3, -0.25) is 4.79 Å². The minimum atomic E-state index is 0.0417. The first-order valence-corrected chi connectivity index (χ1v) is 8.94. The molecule has 1 saturated heterocycles. The zero-order valence-electron chi connectivity index (χ0n) is 15.4. The Hall–Kier alpha value is -3.15. The number of nitrogens with zero attached hydrogens (tertiary/aromatic N) is 3. The molecule has 0 aliphatic carbocycles. The van der Waals surface area contributed by atoms with Gasteiger partial charge in [0.05, 0.1) is 13.0 Å². The summed E-state index contributed by atoms with van der Waals surface area (Å²) in [6.07, 6.45) is 0.548. The maximum Gasteiger partial charge on any atom is 0.253 e. The molecule has 6 nitrogen and oxygen atoms in total. The number of benzene rings is 2. The molecule has 27 heavy (non-hydrogen) atoms. The van der Waals surface area contributed by atoms with E-state index in [4.69, 9.17) is 9.26 Å². The van der Waals surface area contributed by atoms with Gasteiger partial charge in [0.2, 0.25) is 5.89 Å². The Morgan fingerprint density at radius 3 is 2.67 bits per heavy atom. The van der Waals surface area contributed by atoms with Gasteiger partial charge >= 0.3 is 0 Å². The fraction of sp³-hybridized carbons (Fsp3) is 0.286. The first-order valence-electron chi connectivity index (χ1n) is 8.94. The molecule has 0 atom stereocenters. The summed E-state index contributed by atoms with van der Waals surface area (Å²) in [7, 11) is 1.65. The zero-order chi connectivity index (χ0) is 18.8. The van der Waals surface area contributed by atoms with Crippen molar-refractivity contribution in [3.63, 3.8) is 0 Å². The van der Waals surface area contributed by atoms with Crippen molar-refractivity contribution >= 4 is 5.91 Å². The number of likely N-dealkylation sites (tertiary alicyclic amines) is 1.